The van der Waals surface area contributed by atoms with Crippen LogP contribution >= 0.6 is 27.3 Å². The van der Waals surface area contributed by atoms with E-state index in [-0.39, 0.29) is 17.8 Å². The van der Waals surface area contributed by atoms with Gasteiger partial charge in [0.1, 0.15) is 5.69 Å². The maximum absolute atomic E-state index is 13.3. The molecule has 0 amide bonds. The van der Waals surface area contributed by atoms with Crippen LogP contribution in [0.4, 0.5) is 0 Å². The van der Waals surface area contributed by atoms with E-state index in [2.05, 4.69) is 20.9 Å². The maximum atomic E-state index is 13.3. The van der Waals surface area contributed by atoms with Crippen molar-refractivity contribution in [2.75, 3.05) is 7.11 Å². The molecule has 0 aliphatic heterocycles. The van der Waals surface area contributed by atoms with Crippen LogP contribution in [-0.4, -0.2) is 22.6 Å². The van der Waals surface area contributed by atoms with Crippen molar-refractivity contribution in [2.24, 2.45) is 0 Å². The van der Waals surface area contributed by atoms with Gasteiger partial charge in [-0.2, -0.15) is 0 Å². The number of carbonyl (C=O) groups excluding carboxylic acids is 1. The van der Waals surface area contributed by atoms with Crippen molar-refractivity contribution in [3.8, 4) is 11.1 Å². The molecule has 2 aromatic heterocycles. The normalized spacial score (nSPS) is 10.9. The molecular formula is C21H15BrN2O3S. The SMILES string of the molecule is COC(=O)c1c(-c2ccccc2)c2cc(Br)ccc2c(=O)n1Cc1cscn1. The van der Waals surface area contributed by atoms with Crippen molar-refractivity contribution in [2.45, 2.75) is 6.54 Å². The van der Waals surface area contributed by atoms with Crippen molar-refractivity contribution >= 4 is 44.0 Å². The van der Waals surface area contributed by atoms with Crippen molar-refractivity contribution in [3.05, 3.63) is 85.6 Å². The topological polar surface area (TPSA) is 61.2 Å². The van der Waals surface area contributed by atoms with Crippen molar-refractivity contribution in [1.29, 1.82) is 0 Å². The highest BCUT2D eigenvalue weighted by atomic mass is 79.9. The highest BCUT2D eigenvalue weighted by Crippen LogP contribution is 2.33. The van der Waals surface area contributed by atoms with E-state index in [0.29, 0.717) is 22.0 Å². The van der Waals surface area contributed by atoms with E-state index in [4.69, 9.17) is 4.74 Å². The van der Waals surface area contributed by atoms with Crippen molar-refractivity contribution in [1.82, 2.24) is 9.55 Å². The summed E-state index contributed by atoms with van der Waals surface area (Å²) < 4.78 is 7.35. The number of hydrogen-bond acceptors (Lipinski definition) is 5. The Bertz CT molecular complexity index is 1220. The number of rotatable bonds is 4. The second kappa shape index (κ2) is 7.69. The van der Waals surface area contributed by atoms with Crippen molar-refractivity contribution in [3.63, 3.8) is 0 Å². The number of hydrogen-bond donors (Lipinski definition) is 0. The van der Waals surface area contributed by atoms with Crippen LogP contribution in [0, 0.1) is 0 Å². The molecule has 5 nitrogen and oxygen atoms in total. The van der Waals surface area contributed by atoms with Gasteiger partial charge in [-0.25, -0.2) is 9.78 Å². The number of carbonyl (C=O) groups is 1. The van der Waals surface area contributed by atoms with E-state index in [1.165, 1.54) is 23.0 Å². The molecule has 2 heterocycles. The molecule has 0 unspecified atom stereocenters. The van der Waals surface area contributed by atoms with E-state index in [1.54, 1.807) is 11.6 Å². The summed E-state index contributed by atoms with van der Waals surface area (Å²) >= 11 is 4.92. The zero-order valence-corrected chi connectivity index (χ0v) is 17.3. The Kier molecular flexibility index (Phi) is 5.11. The fourth-order valence-corrected chi connectivity index (χ4v) is 4.16. The van der Waals surface area contributed by atoms with E-state index in [1.807, 2.05) is 47.8 Å². The molecule has 0 radical (unpaired) electrons. The lowest BCUT2D eigenvalue weighted by Crippen LogP contribution is -2.28. The quantitative estimate of drug-likeness (QED) is 0.418. The molecule has 4 aromatic rings. The number of benzene rings is 2. The highest BCUT2D eigenvalue weighted by Gasteiger charge is 2.24. The summed E-state index contributed by atoms with van der Waals surface area (Å²) in [5, 5.41) is 3.09. The number of ether oxygens (including phenoxy) is 1. The van der Waals surface area contributed by atoms with Crippen LogP contribution in [0.15, 0.2) is 68.7 Å². The molecule has 140 valence electrons. The van der Waals surface area contributed by atoms with E-state index in [0.717, 1.165) is 10.0 Å². The summed E-state index contributed by atoms with van der Waals surface area (Å²) in [4.78, 5) is 30.4. The number of esters is 1. The maximum Gasteiger partial charge on any atom is 0.355 e. The predicted molar refractivity (Wildman–Crippen MR) is 114 cm³/mol. The standard InChI is InChI=1S/C21H15BrN2O3S/c1-27-21(26)19-18(13-5-3-2-4-6-13)17-9-14(22)7-8-16(17)20(25)24(19)10-15-11-28-12-23-15/h2-9,11-12H,10H2,1H3. The summed E-state index contributed by atoms with van der Waals surface area (Å²) in [6.07, 6.45) is 0. The minimum atomic E-state index is -0.562. The van der Waals surface area contributed by atoms with Gasteiger partial charge in [-0.05, 0) is 29.1 Å². The third-order valence-corrected chi connectivity index (χ3v) is 5.61. The number of fused-ring (bicyclic) bond motifs is 1. The molecule has 0 spiro atoms. The molecule has 0 fully saturated rings. The van der Waals surface area contributed by atoms with Crippen LogP contribution in [0.3, 0.4) is 0 Å². The number of thiazole rings is 1. The first-order valence-electron chi connectivity index (χ1n) is 8.47. The molecule has 0 N–H and O–H groups in total. The summed E-state index contributed by atoms with van der Waals surface area (Å²) in [6.45, 7) is 0.193. The summed E-state index contributed by atoms with van der Waals surface area (Å²) in [6, 6.07) is 15.0. The molecular weight excluding hydrogens is 440 g/mol. The van der Waals surface area contributed by atoms with Crippen LogP contribution < -0.4 is 5.56 Å². The molecule has 0 saturated carbocycles. The first-order chi connectivity index (χ1) is 13.6. The molecule has 7 heteroatoms. The Morgan fingerprint density at radius 3 is 2.64 bits per heavy atom. The first kappa shape index (κ1) is 18.6. The van der Waals surface area contributed by atoms with Crippen LogP contribution in [0.1, 0.15) is 16.2 Å². The molecule has 28 heavy (non-hydrogen) atoms. The Hall–Kier alpha value is -2.77. The number of pyridine rings is 1. The zero-order valence-electron chi connectivity index (χ0n) is 14.9. The van der Waals surface area contributed by atoms with Crippen LogP contribution in [0.2, 0.25) is 0 Å². The average Bonchev–Trinajstić information content (AvgIpc) is 3.23. The fourth-order valence-electron chi connectivity index (χ4n) is 3.25. The van der Waals surface area contributed by atoms with Gasteiger partial charge in [-0.15, -0.1) is 11.3 Å². The van der Waals surface area contributed by atoms with Crippen molar-refractivity contribution < 1.29 is 9.53 Å². The lowest BCUT2D eigenvalue weighted by Gasteiger charge is -2.18. The number of halogens is 1. The summed E-state index contributed by atoms with van der Waals surface area (Å²) in [7, 11) is 1.32. The zero-order chi connectivity index (χ0) is 19.7. The van der Waals surface area contributed by atoms with Crippen LogP contribution in [0.5, 0.6) is 0 Å². The van der Waals surface area contributed by atoms with Crippen LogP contribution in [0.25, 0.3) is 21.9 Å². The molecule has 0 saturated heterocycles. The third-order valence-electron chi connectivity index (χ3n) is 4.48. The molecule has 0 aliphatic carbocycles. The summed E-state index contributed by atoms with van der Waals surface area (Å²) in [5.74, 6) is -0.562. The van der Waals surface area contributed by atoms with Gasteiger partial charge < -0.3 is 4.74 Å². The second-order valence-electron chi connectivity index (χ2n) is 6.14. The summed E-state index contributed by atoms with van der Waals surface area (Å²) in [5.41, 5.74) is 3.88. The average molecular weight is 455 g/mol. The lowest BCUT2D eigenvalue weighted by atomic mass is 9.96. The van der Waals surface area contributed by atoms with Gasteiger partial charge in [-0.3, -0.25) is 9.36 Å². The van der Waals surface area contributed by atoms with Gasteiger partial charge in [0, 0.05) is 20.8 Å². The number of aromatic nitrogens is 2. The molecule has 0 bridgehead atoms. The fraction of sp³-hybridized carbons (Fsp3) is 0.0952. The molecule has 0 aliphatic rings. The first-order valence-corrected chi connectivity index (χ1v) is 10.2. The minimum Gasteiger partial charge on any atom is -0.464 e. The second-order valence-corrected chi connectivity index (χ2v) is 7.78. The van der Waals surface area contributed by atoms with Gasteiger partial charge >= 0.3 is 5.97 Å². The van der Waals surface area contributed by atoms with Gasteiger partial charge in [0.15, 0.2) is 0 Å². The smallest absolute Gasteiger partial charge is 0.355 e. The molecule has 2 aromatic carbocycles. The van der Waals surface area contributed by atoms with Gasteiger partial charge in [0.25, 0.3) is 5.56 Å². The van der Waals surface area contributed by atoms with Gasteiger partial charge in [-0.1, -0.05) is 46.3 Å². The Morgan fingerprint density at radius 2 is 1.96 bits per heavy atom. The largest absolute Gasteiger partial charge is 0.464 e. The number of nitrogens with zero attached hydrogens (tertiary/aromatic N) is 2. The Morgan fingerprint density at radius 1 is 1.18 bits per heavy atom. The molecule has 4 rings (SSSR count). The van der Waals surface area contributed by atoms with E-state index >= 15 is 0 Å². The van der Waals surface area contributed by atoms with E-state index in [9.17, 15) is 9.59 Å². The lowest BCUT2D eigenvalue weighted by molar-refractivity contribution is 0.0588. The van der Waals surface area contributed by atoms with Gasteiger partial charge in [0.05, 0.1) is 24.9 Å². The predicted octanol–water partition coefficient (Wildman–Crippen LogP) is 4.72. The number of methoxy groups -OCH3 is 1. The van der Waals surface area contributed by atoms with Crippen LogP contribution in [-0.2, 0) is 11.3 Å². The Labute approximate surface area is 173 Å². The van der Waals surface area contributed by atoms with Gasteiger partial charge in [0.2, 0.25) is 0 Å². The monoisotopic (exact) mass is 454 g/mol. The third kappa shape index (κ3) is 3.27. The Balaban J connectivity index is 2.16. The van der Waals surface area contributed by atoms with E-state index < -0.39 is 5.97 Å². The minimum absolute atomic E-state index is 0.193. The molecule has 0 atom stereocenters. The highest BCUT2D eigenvalue weighted by molar-refractivity contribution is 9.10.